The number of nitrogens with zero attached hydrogens (tertiary/aromatic N) is 1. The molecule has 3 rings (SSSR count). The zero-order valence-electron chi connectivity index (χ0n) is 12.3. The van der Waals surface area contributed by atoms with Crippen LogP contribution in [0.25, 0.3) is 0 Å². The van der Waals surface area contributed by atoms with E-state index in [0.29, 0.717) is 12.1 Å². The number of hydrogen-bond acceptors (Lipinski definition) is 3. The van der Waals surface area contributed by atoms with Crippen molar-refractivity contribution in [2.75, 3.05) is 0 Å². The maximum atomic E-state index is 13.0. The van der Waals surface area contributed by atoms with Gasteiger partial charge in [0.25, 0.3) is 5.91 Å². The molecule has 0 saturated carbocycles. The van der Waals surface area contributed by atoms with Crippen LogP contribution in [-0.4, -0.2) is 16.8 Å². The Morgan fingerprint density at radius 1 is 1.00 bits per heavy atom. The van der Waals surface area contributed by atoms with Gasteiger partial charge in [-0.3, -0.25) is 9.69 Å². The Bertz CT molecular complexity index is 729. The number of halogens is 1. The SMILES string of the molecule is NCc1ccc(CN2C(=O)NC(c3ccc(F)cc3)C2=O)cc1. The van der Waals surface area contributed by atoms with Gasteiger partial charge in [0.15, 0.2) is 0 Å². The molecule has 2 aromatic rings. The number of carbonyl (C=O) groups is 2. The Labute approximate surface area is 132 Å². The summed E-state index contributed by atoms with van der Waals surface area (Å²) in [5.41, 5.74) is 7.93. The zero-order chi connectivity index (χ0) is 16.4. The summed E-state index contributed by atoms with van der Waals surface area (Å²) in [6, 6.07) is 11.7. The van der Waals surface area contributed by atoms with Crippen molar-refractivity contribution in [3.63, 3.8) is 0 Å². The molecule has 0 radical (unpaired) electrons. The summed E-state index contributed by atoms with van der Waals surface area (Å²) in [5.74, 6) is -0.730. The first kappa shape index (κ1) is 15.2. The molecular formula is C17H16FN3O2. The van der Waals surface area contributed by atoms with Crippen molar-refractivity contribution in [3.05, 3.63) is 71.0 Å². The molecule has 5 nitrogen and oxygen atoms in total. The topological polar surface area (TPSA) is 75.4 Å². The van der Waals surface area contributed by atoms with Crippen molar-refractivity contribution in [3.8, 4) is 0 Å². The fraction of sp³-hybridized carbons (Fsp3) is 0.176. The van der Waals surface area contributed by atoms with Gasteiger partial charge >= 0.3 is 6.03 Å². The number of amides is 3. The third-order valence-corrected chi connectivity index (χ3v) is 3.83. The highest BCUT2D eigenvalue weighted by Crippen LogP contribution is 2.23. The largest absolute Gasteiger partial charge is 0.326 e. The average Bonchev–Trinajstić information content (AvgIpc) is 2.84. The van der Waals surface area contributed by atoms with Gasteiger partial charge < -0.3 is 11.1 Å². The van der Waals surface area contributed by atoms with Gasteiger partial charge in [-0.15, -0.1) is 0 Å². The lowest BCUT2D eigenvalue weighted by atomic mass is 10.1. The fourth-order valence-corrected chi connectivity index (χ4v) is 2.51. The second kappa shape index (κ2) is 6.18. The molecule has 2 aromatic carbocycles. The molecule has 0 aliphatic carbocycles. The molecule has 23 heavy (non-hydrogen) atoms. The van der Waals surface area contributed by atoms with Crippen LogP contribution < -0.4 is 11.1 Å². The minimum Gasteiger partial charge on any atom is -0.326 e. The summed E-state index contributed by atoms with van der Waals surface area (Å²) in [4.78, 5) is 25.7. The van der Waals surface area contributed by atoms with Gasteiger partial charge in [0.2, 0.25) is 0 Å². The lowest BCUT2D eigenvalue weighted by molar-refractivity contribution is -0.128. The molecule has 1 heterocycles. The smallest absolute Gasteiger partial charge is 0.325 e. The van der Waals surface area contributed by atoms with Crippen LogP contribution in [0.1, 0.15) is 22.7 Å². The Morgan fingerprint density at radius 2 is 1.61 bits per heavy atom. The minimum atomic E-state index is -0.772. The van der Waals surface area contributed by atoms with Crippen molar-refractivity contribution in [1.29, 1.82) is 0 Å². The minimum absolute atomic E-state index is 0.188. The van der Waals surface area contributed by atoms with Crippen LogP contribution in [0.4, 0.5) is 9.18 Å². The van der Waals surface area contributed by atoms with E-state index in [4.69, 9.17) is 5.73 Å². The second-order valence-corrected chi connectivity index (χ2v) is 5.38. The van der Waals surface area contributed by atoms with Gasteiger partial charge in [-0.25, -0.2) is 9.18 Å². The van der Waals surface area contributed by atoms with Crippen LogP contribution in [0.2, 0.25) is 0 Å². The maximum Gasteiger partial charge on any atom is 0.325 e. The van der Waals surface area contributed by atoms with E-state index in [2.05, 4.69) is 5.32 Å². The first-order chi connectivity index (χ1) is 11.1. The van der Waals surface area contributed by atoms with Gasteiger partial charge in [-0.1, -0.05) is 36.4 Å². The molecule has 1 fully saturated rings. The first-order valence-corrected chi connectivity index (χ1v) is 7.23. The normalized spacial score (nSPS) is 17.5. The highest BCUT2D eigenvalue weighted by Gasteiger charge is 2.38. The average molecular weight is 313 g/mol. The molecule has 1 aliphatic rings. The van der Waals surface area contributed by atoms with Crippen molar-refractivity contribution in [2.45, 2.75) is 19.1 Å². The molecule has 1 unspecified atom stereocenters. The molecule has 1 aliphatic heterocycles. The van der Waals surface area contributed by atoms with Crippen LogP contribution in [0.3, 0.4) is 0 Å². The number of imide groups is 1. The van der Waals surface area contributed by atoms with Gasteiger partial charge in [0.05, 0.1) is 6.54 Å². The maximum absolute atomic E-state index is 13.0. The van der Waals surface area contributed by atoms with E-state index in [1.54, 1.807) is 0 Å². The summed E-state index contributed by atoms with van der Waals surface area (Å²) in [6.07, 6.45) is 0. The van der Waals surface area contributed by atoms with Crippen LogP contribution >= 0.6 is 0 Å². The van der Waals surface area contributed by atoms with Crippen LogP contribution in [0.15, 0.2) is 48.5 Å². The van der Waals surface area contributed by atoms with Gasteiger partial charge in [-0.2, -0.15) is 0 Å². The van der Waals surface area contributed by atoms with E-state index in [1.807, 2.05) is 24.3 Å². The molecule has 0 spiro atoms. The van der Waals surface area contributed by atoms with Crippen molar-refractivity contribution < 1.29 is 14.0 Å². The van der Waals surface area contributed by atoms with E-state index >= 15 is 0 Å². The van der Waals surface area contributed by atoms with E-state index in [1.165, 1.54) is 24.3 Å². The Kier molecular flexibility index (Phi) is 4.08. The van der Waals surface area contributed by atoms with E-state index in [-0.39, 0.29) is 18.3 Å². The highest BCUT2D eigenvalue weighted by molar-refractivity contribution is 6.04. The number of benzene rings is 2. The fourth-order valence-electron chi connectivity index (χ4n) is 2.51. The number of hydrogen-bond donors (Lipinski definition) is 2. The molecule has 0 bridgehead atoms. The predicted molar refractivity (Wildman–Crippen MR) is 82.6 cm³/mol. The molecule has 1 atom stereocenters. The van der Waals surface area contributed by atoms with Crippen LogP contribution in [0, 0.1) is 5.82 Å². The lowest BCUT2D eigenvalue weighted by Crippen LogP contribution is -2.30. The highest BCUT2D eigenvalue weighted by atomic mass is 19.1. The van der Waals surface area contributed by atoms with Crippen molar-refractivity contribution >= 4 is 11.9 Å². The van der Waals surface area contributed by atoms with Crippen LogP contribution in [0.5, 0.6) is 0 Å². The monoisotopic (exact) mass is 313 g/mol. The lowest BCUT2D eigenvalue weighted by Gasteiger charge is -2.13. The molecule has 1 saturated heterocycles. The third-order valence-electron chi connectivity index (χ3n) is 3.83. The quantitative estimate of drug-likeness (QED) is 0.849. The number of carbonyl (C=O) groups excluding carboxylic acids is 2. The Hall–Kier alpha value is -2.73. The van der Waals surface area contributed by atoms with Crippen molar-refractivity contribution in [1.82, 2.24) is 10.2 Å². The summed E-state index contributed by atoms with van der Waals surface area (Å²) in [5, 5.41) is 2.63. The number of urea groups is 1. The third kappa shape index (κ3) is 3.07. The molecule has 3 N–H and O–H groups in total. The van der Waals surface area contributed by atoms with Crippen molar-refractivity contribution in [2.24, 2.45) is 5.73 Å². The summed E-state index contributed by atoms with van der Waals surface area (Å²) >= 11 is 0. The molecule has 118 valence electrons. The summed E-state index contributed by atoms with van der Waals surface area (Å²) in [7, 11) is 0. The molecule has 3 amide bonds. The van der Waals surface area contributed by atoms with Gasteiger partial charge in [-0.05, 0) is 28.8 Å². The van der Waals surface area contributed by atoms with E-state index in [0.717, 1.165) is 16.0 Å². The molecule has 6 heteroatoms. The number of rotatable bonds is 4. The van der Waals surface area contributed by atoms with E-state index in [9.17, 15) is 14.0 Å². The second-order valence-electron chi connectivity index (χ2n) is 5.38. The molecular weight excluding hydrogens is 297 g/mol. The van der Waals surface area contributed by atoms with E-state index < -0.39 is 12.1 Å². The standard InChI is InChI=1S/C17H16FN3O2/c18-14-7-5-13(6-8-14)15-16(22)21(17(23)20-15)10-12-3-1-11(9-19)2-4-12/h1-8,15H,9-10,19H2,(H,20,23). The summed E-state index contributed by atoms with van der Waals surface area (Å²) in [6.45, 7) is 0.628. The predicted octanol–water partition coefficient (Wildman–Crippen LogP) is 2.08. The van der Waals surface area contributed by atoms with Crippen LogP contribution in [-0.2, 0) is 17.9 Å². The first-order valence-electron chi connectivity index (χ1n) is 7.23. The number of nitrogens with two attached hydrogens (primary N) is 1. The zero-order valence-corrected chi connectivity index (χ0v) is 12.3. The Morgan fingerprint density at radius 3 is 2.22 bits per heavy atom. The van der Waals surface area contributed by atoms with Gasteiger partial charge in [0.1, 0.15) is 11.9 Å². The Balaban J connectivity index is 1.76. The van der Waals surface area contributed by atoms with Gasteiger partial charge in [0, 0.05) is 6.54 Å². The number of nitrogens with one attached hydrogen (secondary N) is 1. The molecule has 0 aromatic heterocycles. The summed E-state index contributed by atoms with van der Waals surface area (Å²) < 4.78 is 13.0.